The van der Waals surface area contributed by atoms with Crippen LogP contribution in [0.2, 0.25) is 0 Å². The van der Waals surface area contributed by atoms with Crippen LogP contribution >= 0.6 is 0 Å². The molecule has 7 heteroatoms. The number of hydrogen-bond donors (Lipinski definition) is 2. The van der Waals surface area contributed by atoms with Crippen molar-refractivity contribution in [2.24, 2.45) is 5.73 Å². The summed E-state index contributed by atoms with van der Waals surface area (Å²) in [6.45, 7) is 4.28. The van der Waals surface area contributed by atoms with Crippen molar-refractivity contribution in [2.45, 2.75) is 45.3 Å². The van der Waals surface area contributed by atoms with Gasteiger partial charge in [0.25, 0.3) is 11.8 Å². The maximum atomic E-state index is 12.9. The number of fused-ring (bicyclic) bond motifs is 1. The molecule has 3 N–H and O–H groups in total. The van der Waals surface area contributed by atoms with Gasteiger partial charge < -0.3 is 20.3 Å². The summed E-state index contributed by atoms with van der Waals surface area (Å²) in [5.41, 5.74) is 6.84. The van der Waals surface area contributed by atoms with E-state index in [1.807, 2.05) is 18.2 Å². The lowest BCUT2D eigenvalue weighted by Gasteiger charge is -2.26. The summed E-state index contributed by atoms with van der Waals surface area (Å²) in [4.78, 5) is 26.0. The topological polar surface area (TPSA) is 110 Å². The number of aromatic nitrogens is 1. The van der Waals surface area contributed by atoms with Crippen LogP contribution in [-0.4, -0.2) is 39.1 Å². The summed E-state index contributed by atoms with van der Waals surface area (Å²) in [6.07, 6.45) is 1.80. The number of amides is 2. The van der Waals surface area contributed by atoms with Crippen molar-refractivity contribution in [2.75, 3.05) is 6.54 Å². The Morgan fingerprint density at radius 1 is 1.38 bits per heavy atom. The van der Waals surface area contributed by atoms with Crippen molar-refractivity contribution in [3.05, 3.63) is 52.4 Å². The van der Waals surface area contributed by atoms with E-state index in [1.165, 1.54) is 0 Å². The van der Waals surface area contributed by atoms with Gasteiger partial charge in [0.15, 0.2) is 5.69 Å². The van der Waals surface area contributed by atoms with E-state index in [-0.39, 0.29) is 18.1 Å². The molecule has 138 valence electrons. The molecule has 26 heavy (non-hydrogen) atoms. The lowest BCUT2D eigenvalue weighted by Crippen LogP contribution is -2.36. The van der Waals surface area contributed by atoms with E-state index in [0.717, 1.165) is 5.56 Å². The smallest absolute Gasteiger partial charge is 0.271 e. The molecule has 1 aromatic heterocycles. The second kappa shape index (κ2) is 6.92. The molecule has 2 aromatic rings. The molecule has 1 aliphatic rings. The van der Waals surface area contributed by atoms with Gasteiger partial charge in [-0.15, -0.1) is 0 Å². The Hall–Kier alpha value is -2.67. The molecule has 0 bridgehead atoms. The number of nitrogens with two attached hydrogens (primary N) is 1. The number of carbonyl (C=O) groups excluding carboxylic acids is 2. The Bertz CT molecular complexity index is 836. The molecule has 0 aliphatic carbocycles. The lowest BCUT2D eigenvalue weighted by atomic mass is 9.97. The molecule has 0 fully saturated rings. The molecular formula is C19H23N3O4. The van der Waals surface area contributed by atoms with E-state index in [0.29, 0.717) is 42.7 Å². The largest absolute Gasteiger partial charge is 0.390 e. The highest BCUT2D eigenvalue weighted by atomic mass is 16.5. The fraction of sp³-hybridized carbons (Fsp3) is 0.421. The summed E-state index contributed by atoms with van der Waals surface area (Å²) in [7, 11) is 0. The molecular weight excluding hydrogens is 334 g/mol. The predicted octanol–water partition coefficient (Wildman–Crippen LogP) is 1.68. The van der Waals surface area contributed by atoms with Crippen LogP contribution in [0.4, 0.5) is 0 Å². The first kappa shape index (κ1) is 18.1. The van der Waals surface area contributed by atoms with Gasteiger partial charge in [0.1, 0.15) is 5.76 Å². The first-order valence-corrected chi connectivity index (χ1v) is 8.62. The zero-order valence-electron chi connectivity index (χ0n) is 15.0. The normalized spacial score (nSPS) is 14.2. The monoisotopic (exact) mass is 357 g/mol. The van der Waals surface area contributed by atoms with E-state index in [4.69, 9.17) is 10.3 Å². The van der Waals surface area contributed by atoms with Gasteiger partial charge in [0, 0.05) is 24.1 Å². The highest BCUT2D eigenvalue weighted by Gasteiger charge is 2.29. The van der Waals surface area contributed by atoms with Crippen molar-refractivity contribution < 1.29 is 19.2 Å². The van der Waals surface area contributed by atoms with Crippen LogP contribution in [0.15, 0.2) is 28.8 Å². The number of carbonyl (C=O) groups is 2. The van der Waals surface area contributed by atoms with Gasteiger partial charge in [-0.05, 0) is 44.4 Å². The van der Waals surface area contributed by atoms with Gasteiger partial charge in [-0.2, -0.15) is 0 Å². The molecule has 2 amide bonds. The average Bonchev–Trinajstić information content (AvgIpc) is 3.02. The second-order valence-electron chi connectivity index (χ2n) is 7.29. The maximum Gasteiger partial charge on any atom is 0.271 e. The minimum Gasteiger partial charge on any atom is -0.390 e. The molecule has 0 atom stereocenters. The Kier molecular flexibility index (Phi) is 4.82. The van der Waals surface area contributed by atoms with Gasteiger partial charge in [0.2, 0.25) is 0 Å². The van der Waals surface area contributed by atoms with Crippen LogP contribution in [0.5, 0.6) is 0 Å². The number of rotatable bonds is 5. The number of aliphatic hydroxyl groups is 1. The third-order valence-electron chi connectivity index (χ3n) is 4.55. The van der Waals surface area contributed by atoms with Gasteiger partial charge in [-0.3, -0.25) is 9.59 Å². The third kappa shape index (κ3) is 3.94. The number of benzene rings is 1. The number of nitrogens with zero attached hydrogens (tertiary/aromatic N) is 2. The fourth-order valence-electron chi connectivity index (χ4n) is 3.07. The van der Waals surface area contributed by atoms with Crippen LogP contribution < -0.4 is 5.73 Å². The summed E-state index contributed by atoms with van der Waals surface area (Å²) in [5, 5.41) is 13.6. The molecule has 1 aliphatic heterocycles. The zero-order valence-corrected chi connectivity index (χ0v) is 15.0. The first-order chi connectivity index (χ1) is 12.2. The summed E-state index contributed by atoms with van der Waals surface area (Å²) in [6, 6.07) is 7.42. The maximum absolute atomic E-state index is 12.9. The molecule has 0 unspecified atom stereocenters. The Morgan fingerprint density at radius 3 is 2.85 bits per heavy atom. The quantitative estimate of drug-likeness (QED) is 0.846. The summed E-state index contributed by atoms with van der Waals surface area (Å²) in [5.74, 6) is -0.155. The minimum absolute atomic E-state index is 0.0939. The highest BCUT2D eigenvalue weighted by Crippen LogP contribution is 2.24. The number of hydrogen-bond acceptors (Lipinski definition) is 5. The molecule has 0 saturated heterocycles. The lowest BCUT2D eigenvalue weighted by molar-refractivity contribution is 0.0714. The molecule has 0 radical (unpaired) electrons. The molecule has 0 spiro atoms. The van der Waals surface area contributed by atoms with Crippen LogP contribution in [0, 0.1) is 0 Å². The van der Waals surface area contributed by atoms with Crippen molar-refractivity contribution in [1.29, 1.82) is 0 Å². The van der Waals surface area contributed by atoms with Gasteiger partial charge in [-0.25, -0.2) is 0 Å². The second-order valence-corrected chi connectivity index (χ2v) is 7.29. The van der Waals surface area contributed by atoms with Crippen molar-refractivity contribution in [3.8, 4) is 0 Å². The highest BCUT2D eigenvalue weighted by molar-refractivity contribution is 5.95. The summed E-state index contributed by atoms with van der Waals surface area (Å²) >= 11 is 0. The Morgan fingerprint density at radius 2 is 2.15 bits per heavy atom. The Balaban J connectivity index is 1.75. The number of aryl methyl sites for hydroxylation is 1. The first-order valence-electron chi connectivity index (χ1n) is 8.62. The molecule has 2 heterocycles. The van der Waals surface area contributed by atoms with E-state index in [9.17, 15) is 14.7 Å². The molecule has 0 saturated carbocycles. The van der Waals surface area contributed by atoms with Crippen LogP contribution in [0.25, 0.3) is 0 Å². The third-order valence-corrected chi connectivity index (χ3v) is 4.55. The van der Waals surface area contributed by atoms with Gasteiger partial charge in [0.05, 0.1) is 12.1 Å². The average molecular weight is 357 g/mol. The van der Waals surface area contributed by atoms with E-state index in [1.54, 1.807) is 24.8 Å². The zero-order chi connectivity index (χ0) is 18.9. The molecule has 3 rings (SSSR count). The van der Waals surface area contributed by atoms with Crippen molar-refractivity contribution >= 4 is 11.8 Å². The van der Waals surface area contributed by atoms with E-state index < -0.39 is 11.5 Å². The number of primary amides is 1. The minimum atomic E-state index is -0.747. The molecule has 1 aromatic carbocycles. The van der Waals surface area contributed by atoms with Crippen LogP contribution in [-0.2, 0) is 19.4 Å². The fourth-order valence-corrected chi connectivity index (χ4v) is 3.07. The Labute approximate surface area is 151 Å². The van der Waals surface area contributed by atoms with Crippen molar-refractivity contribution in [3.63, 3.8) is 0 Å². The summed E-state index contributed by atoms with van der Waals surface area (Å²) < 4.78 is 5.15. The molecule has 7 nitrogen and oxygen atoms in total. The van der Waals surface area contributed by atoms with Crippen LogP contribution in [0.3, 0.4) is 0 Å². The SMILES string of the molecule is CC(C)(O)CCc1cccc(C(=O)N2CCc3onc(C(N)=O)c3C2)c1. The van der Waals surface area contributed by atoms with E-state index in [2.05, 4.69) is 5.16 Å². The van der Waals surface area contributed by atoms with Gasteiger partial charge >= 0.3 is 0 Å². The predicted molar refractivity (Wildman–Crippen MR) is 94.5 cm³/mol. The van der Waals surface area contributed by atoms with Gasteiger partial charge in [-0.1, -0.05) is 17.3 Å². The van der Waals surface area contributed by atoms with E-state index >= 15 is 0 Å². The van der Waals surface area contributed by atoms with Crippen molar-refractivity contribution in [1.82, 2.24) is 10.1 Å². The standard InChI is InChI=1S/C19H23N3O4/c1-19(2,25)8-6-12-4-3-5-13(10-12)18(24)22-9-7-15-14(11-22)16(17(20)23)21-26-15/h3-5,10,25H,6-9,11H2,1-2H3,(H2,20,23). The van der Waals surface area contributed by atoms with Crippen LogP contribution in [0.1, 0.15) is 58.0 Å².